The van der Waals surface area contributed by atoms with Crippen molar-refractivity contribution >= 4 is 6.41 Å². The first-order valence-corrected chi connectivity index (χ1v) is 11.3. The highest BCUT2D eigenvalue weighted by atomic mass is 16.1. The predicted molar refractivity (Wildman–Crippen MR) is 120 cm³/mol. The Morgan fingerprint density at radius 3 is 2.57 bits per heavy atom. The number of hydrogen-bond acceptors (Lipinski definition) is 4. The summed E-state index contributed by atoms with van der Waals surface area (Å²) in [6.45, 7) is 12.0. The first-order chi connectivity index (χ1) is 14.4. The van der Waals surface area contributed by atoms with Crippen LogP contribution in [0.2, 0.25) is 0 Å². The van der Waals surface area contributed by atoms with Crippen molar-refractivity contribution in [2.75, 3.05) is 6.54 Å². The highest BCUT2D eigenvalue weighted by Gasteiger charge is 2.33. The zero-order valence-corrected chi connectivity index (χ0v) is 19.1. The van der Waals surface area contributed by atoms with Gasteiger partial charge < -0.3 is 9.88 Å². The van der Waals surface area contributed by atoms with Gasteiger partial charge in [-0.05, 0) is 52.0 Å². The van der Waals surface area contributed by atoms with Gasteiger partial charge in [-0.25, -0.2) is 0 Å². The first-order valence-electron chi connectivity index (χ1n) is 11.3. The fraction of sp³-hybridized carbons (Fsp3) is 0.625. The highest BCUT2D eigenvalue weighted by Crippen LogP contribution is 2.32. The van der Waals surface area contributed by atoms with Crippen molar-refractivity contribution in [3.05, 3.63) is 47.5 Å². The summed E-state index contributed by atoms with van der Waals surface area (Å²) in [5.41, 5.74) is 1.17. The van der Waals surface area contributed by atoms with Crippen molar-refractivity contribution in [2.24, 2.45) is 0 Å². The molecule has 1 aromatic carbocycles. The molecular weight excluding hydrogens is 374 g/mol. The van der Waals surface area contributed by atoms with E-state index < -0.39 is 0 Å². The number of rotatable bonds is 10. The second-order valence-corrected chi connectivity index (χ2v) is 9.07. The van der Waals surface area contributed by atoms with Gasteiger partial charge in [0.25, 0.3) is 0 Å². The Morgan fingerprint density at radius 1 is 1.17 bits per heavy atom. The van der Waals surface area contributed by atoms with Crippen LogP contribution in [-0.4, -0.2) is 44.7 Å². The molecule has 0 aliphatic carbocycles. The molecule has 4 atom stereocenters. The van der Waals surface area contributed by atoms with Gasteiger partial charge in [-0.2, -0.15) is 0 Å². The van der Waals surface area contributed by atoms with Crippen molar-refractivity contribution in [3.63, 3.8) is 0 Å². The molecule has 2 aromatic rings. The monoisotopic (exact) mass is 411 g/mol. The summed E-state index contributed by atoms with van der Waals surface area (Å²) in [7, 11) is 0. The van der Waals surface area contributed by atoms with E-state index in [-0.39, 0.29) is 6.04 Å². The number of benzene rings is 1. The van der Waals surface area contributed by atoms with Crippen LogP contribution in [0.4, 0.5) is 0 Å². The van der Waals surface area contributed by atoms with Crippen molar-refractivity contribution in [1.82, 2.24) is 25.0 Å². The Balaban J connectivity index is 1.67. The van der Waals surface area contributed by atoms with Gasteiger partial charge in [0.1, 0.15) is 11.6 Å². The number of aryl methyl sites for hydroxylation is 1. The Labute approximate surface area is 181 Å². The third-order valence-electron chi connectivity index (χ3n) is 6.56. The summed E-state index contributed by atoms with van der Waals surface area (Å²) in [6.07, 6.45) is 5.29. The van der Waals surface area contributed by atoms with Crippen LogP contribution in [0, 0.1) is 6.92 Å². The number of nitrogens with one attached hydrogen (secondary N) is 1. The maximum atomic E-state index is 11.2. The van der Waals surface area contributed by atoms with Gasteiger partial charge in [-0.3, -0.25) is 9.69 Å². The molecule has 1 aromatic heterocycles. The Bertz CT molecular complexity index is 803. The summed E-state index contributed by atoms with van der Waals surface area (Å²) in [5, 5.41) is 11.8. The molecule has 1 saturated heterocycles. The molecule has 164 valence electrons. The Kier molecular flexibility index (Phi) is 7.64. The maximum absolute atomic E-state index is 11.2. The van der Waals surface area contributed by atoms with Crippen LogP contribution in [0.25, 0.3) is 0 Å². The molecule has 0 spiro atoms. The molecule has 4 unspecified atom stereocenters. The lowest BCUT2D eigenvalue weighted by atomic mass is 10.0. The van der Waals surface area contributed by atoms with E-state index in [1.165, 1.54) is 18.4 Å². The minimum absolute atomic E-state index is 0.0576. The molecule has 1 aliphatic rings. The number of amides is 1. The Hall–Kier alpha value is -2.21. The van der Waals surface area contributed by atoms with E-state index in [1.807, 2.05) is 18.2 Å². The summed E-state index contributed by atoms with van der Waals surface area (Å²) >= 11 is 0. The van der Waals surface area contributed by atoms with Gasteiger partial charge in [0.2, 0.25) is 6.41 Å². The third kappa shape index (κ3) is 5.09. The summed E-state index contributed by atoms with van der Waals surface area (Å²) < 4.78 is 2.33. The zero-order chi connectivity index (χ0) is 21.7. The van der Waals surface area contributed by atoms with Crippen LogP contribution in [-0.2, 0) is 4.79 Å². The van der Waals surface area contributed by atoms with E-state index in [2.05, 4.69) is 71.7 Å². The van der Waals surface area contributed by atoms with Gasteiger partial charge in [-0.1, -0.05) is 44.2 Å². The molecule has 0 bridgehead atoms. The van der Waals surface area contributed by atoms with Crippen LogP contribution in [0.1, 0.15) is 88.6 Å². The molecule has 1 N–H and O–H groups in total. The van der Waals surface area contributed by atoms with E-state index in [9.17, 15) is 4.79 Å². The van der Waals surface area contributed by atoms with Crippen molar-refractivity contribution in [2.45, 2.75) is 90.4 Å². The number of carbonyl (C=O) groups excluding carboxylic acids is 1. The van der Waals surface area contributed by atoms with Crippen LogP contribution in [0.3, 0.4) is 0 Å². The predicted octanol–water partition coefficient (Wildman–Crippen LogP) is 4.39. The van der Waals surface area contributed by atoms with Crippen LogP contribution < -0.4 is 5.32 Å². The number of aromatic nitrogens is 3. The van der Waals surface area contributed by atoms with E-state index in [1.54, 1.807) is 0 Å². The lowest BCUT2D eigenvalue weighted by Crippen LogP contribution is -2.38. The highest BCUT2D eigenvalue weighted by molar-refractivity contribution is 5.47. The van der Waals surface area contributed by atoms with Crippen LogP contribution in [0.5, 0.6) is 0 Å². The lowest BCUT2D eigenvalue weighted by Gasteiger charge is -2.32. The molecule has 6 heteroatoms. The molecule has 0 saturated carbocycles. The number of nitrogens with zero attached hydrogens (tertiary/aromatic N) is 4. The Morgan fingerprint density at radius 2 is 1.90 bits per heavy atom. The fourth-order valence-electron chi connectivity index (χ4n) is 5.00. The number of hydrogen-bond donors (Lipinski definition) is 1. The molecule has 6 nitrogen and oxygen atoms in total. The summed E-state index contributed by atoms with van der Waals surface area (Å²) in [6, 6.07) is 11.8. The van der Waals surface area contributed by atoms with E-state index in [4.69, 9.17) is 0 Å². The summed E-state index contributed by atoms with van der Waals surface area (Å²) in [4.78, 5) is 13.8. The van der Waals surface area contributed by atoms with Gasteiger partial charge >= 0.3 is 0 Å². The molecule has 1 amide bonds. The second kappa shape index (κ2) is 10.2. The zero-order valence-electron chi connectivity index (χ0n) is 19.1. The average Bonchev–Trinajstić information content (AvgIpc) is 3.28. The van der Waals surface area contributed by atoms with E-state index in [0.717, 1.165) is 37.4 Å². The third-order valence-corrected chi connectivity index (χ3v) is 6.56. The minimum atomic E-state index is 0.0576. The number of likely N-dealkylation sites (tertiary alicyclic amines) is 1. The van der Waals surface area contributed by atoms with Gasteiger partial charge in [0, 0.05) is 30.6 Å². The molecule has 2 heterocycles. The standard InChI is InChI=1S/C24H37N5O/c1-17(2)24-27-26-20(5)29(24)19(4)15-22-12-11-18(3)28(22)14-13-23(25-16-30)21-9-7-6-8-10-21/h6-10,16-19,22-23H,11-15H2,1-5H3,(H,25,30). The molecular formula is C24H37N5O. The van der Waals surface area contributed by atoms with E-state index in [0.29, 0.717) is 24.0 Å². The maximum Gasteiger partial charge on any atom is 0.207 e. The SMILES string of the molecule is Cc1nnc(C(C)C)n1C(C)CC1CCC(C)N1CCC(NC=O)c1ccccc1. The molecule has 1 fully saturated rings. The van der Waals surface area contributed by atoms with Crippen LogP contribution >= 0.6 is 0 Å². The van der Waals surface area contributed by atoms with Gasteiger partial charge in [-0.15, -0.1) is 10.2 Å². The van der Waals surface area contributed by atoms with Crippen LogP contribution in [0.15, 0.2) is 30.3 Å². The molecule has 30 heavy (non-hydrogen) atoms. The largest absolute Gasteiger partial charge is 0.352 e. The van der Waals surface area contributed by atoms with Crippen molar-refractivity contribution in [3.8, 4) is 0 Å². The van der Waals surface area contributed by atoms with E-state index >= 15 is 0 Å². The quantitative estimate of drug-likeness (QED) is 0.589. The molecule has 0 radical (unpaired) electrons. The topological polar surface area (TPSA) is 63.1 Å². The molecule has 3 rings (SSSR count). The smallest absolute Gasteiger partial charge is 0.207 e. The summed E-state index contributed by atoms with van der Waals surface area (Å²) in [5.74, 6) is 2.45. The van der Waals surface area contributed by atoms with Gasteiger partial charge in [0.15, 0.2) is 0 Å². The lowest BCUT2D eigenvalue weighted by molar-refractivity contribution is -0.110. The van der Waals surface area contributed by atoms with Crippen molar-refractivity contribution < 1.29 is 4.79 Å². The average molecular weight is 412 g/mol. The molecule has 1 aliphatic heterocycles. The normalized spacial score (nSPS) is 21.7. The van der Waals surface area contributed by atoms with Crippen molar-refractivity contribution in [1.29, 1.82) is 0 Å². The number of carbonyl (C=O) groups is 1. The first kappa shape index (κ1) is 22.5. The fourth-order valence-corrected chi connectivity index (χ4v) is 5.00. The minimum Gasteiger partial charge on any atom is -0.352 e. The second-order valence-electron chi connectivity index (χ2n) is 9.07. The van der Waals surface area contributed by atoms with Gasteiger partial charge in [0.05, 0.1) is 6.04 Å².